The average molecular weight is 248 g/mol. The van der Waals surface area contributed by atoms with Gasteiger partial charge in [0.1, 0.15) is 0 Å². The lowest BCUT2D eigenvalue weighted by molar-refractivity contribution is 0.172. The first-order chi connectivity index (χ1) is 7.45. The monoisotopic (exact) mass is 248 g/mol. The fourth-order valence-corrected chi connectivity index (χ4v) is 3.59. The van der Waals surface area contributed by atoms with Gasteiger partial charge < -0.3 is 4.90 Å². The minimum absolute atomic E-state index is 0.289. The molecule has 0 saturated carbocycles. The molecule has 0 aromatic heterocycles. The largest absolute Gasteiger partial charge is 0.300 e. The molecule has 0 amide bonds. The van der Waals surface area contributed by atoms with Gasteiger partial charge in [-0.25, -0.2) is 8.42 Å². The van der Waals surface area contributed by atoms with Crippen LogP contribution < -0.4 is 0 Å². The molecule has 96 valence electrons. The summed E-state index contributed by atoms with van der Waals surface area (Å²) in [5, 5.41) is 0. The maximum atomic E-state index is 11.8. The van der Waals surface area contributed by atoms with E-state index in [9.17, 15) is 8.42 Å². The maximum absolute atomic E-state index is 11.8. The normalized spacial score (nSPS) is 20.5. The number of piperazine rings is 1. The SMILES string of the molecule is CCCS(=O)(=O)N1CCN(CC(C)C)CC1. The summed E-state index contributed by atoms with van der Waals surface area (Å²) in [6.45, 7) is 10.4. The first kappa shape index (κ1) is 13.9. The van der Waals surface area contributed by atoms with Gasteiger partial charge in [0.2, 0.25) is 10.0 Å². The fraction of sp³-hybridized carbons (Fsp3) is 1.00. The van der Waals surface area contributed by atoms with Crippen LogP contribution in [0, 0.1) is 5.92 Å². The van der Waals surface area contributed by atoms with Crippen LogP contribution >= 0.6 is 0 Å². The van der Waals surface area contributed by atoms with E-state index < -0.39 is 10.0 Å². The molecule has 0 spiro atoms. The van der Waals surface area contributed by atoms with Gasteiger partial charge in [-0.05, 0) is 12.3 Å². The van der Waals surface area contributed by atoms with Crippen molar-refractivity contribution in [3.63, 3.8) is 0 Å². The van der Waals surface area contributed by atoms with Gasteiger partial charge in [0.15, 0.2) is 0 Å². The molecule has 1 saturated heterocycles. The minimum atomic E-state index is -2.98. The van der Waals surface area contributed by atoms with Crippen molar-refractivity contribution in [3.8, 4) is 0 Å². The lowest BCUT2D eigenvalue weighted by Gasteiger charge is -2.34. The highest BCUT2D eigenvalue weighted by molar-refractivity contribution is 7.89. The molecule has 0 unspecified atom stereocenters. The Balaban J connectivity index is 2.43. The van der Waals surface area contributed by atoms with E-state index in [4.69, 9.17) is 0 Å². The van der Waals surface area contributed by atoms with Crippen LogP contribution in [0.15, 0.2) is 0 Å². The Kier molecular flexibility index (Phi) is 5.21. The average Bonchev–Trinajstić information content (AvgIpc) is 2.17. The van der Waals surface area contributed by atoms with Crippen molar-refractivity contribution in [3.05, 3.63) is 0 Å². The van der Waals surface area contributed by atoms with E-state index in [-0.39, 0.29) is 5.75 Å². The Morgan fingerprint density at radius 2 is 1.69 bits per heavy atom. The van der Waals surface area contributed by atoms with Gasteiger partial charge in [-0.1, -0.05) is 20.8 Å². The van der Waals surface area contributed by atoms with Crippen LogP contribution in [0.2, 0.25) is 0 Å². The zero-order valence-corrected chi connectivity index (χ0v) is 11.5. The second-order valence-electron chi connectivity index (χ2n) is 4.91. The van der Waals surface area contributed by atoms with Crippen molar-refractivity contribution < 1.29 is 8.42 Å². The second kappa shape index (κ2) is 5.98. The summed E-state index contributed by atoms with van der Waals surface area (Å²) >= 11 is 0. The first-order valence-electron chi connectivity index (χ1n) is 6.16. The molecule has 1 fully saturated rings. The van der Waals surface area contributed by atoms with E-state index in [0.29, 0.717) is 25.4 Å². The van der Waals surface area contributed by atoms with E-state index in [1.807, 2.05) is 6.92 Å². The molecule has 0 radical (unpaired) electrons. The molecular weight excluding hydrogens is 224 g/mol. The molecule has 1 heterocycles. The first-order valence-corrected chi connectivity index (χ1v) is 7.76. The van der Waals surface area contributed by atoms with Gasteiger partial charge in [0.25, 0.3) is 0 Å². The van der Waals surface area contributed by atoms with E-state index in [2.05, 4.69) is 18.7 Å². The molecule has 1 aliphatic heterocycles. The highest BCUT2D eigenvalue weighted by Gasteiger charge is 2.25. The van der Waals surface area contributed by atoms with Crippen LogP contribution in [-0.4, -0.2) is 56.1 Å². The lowest BCUT2D eigenvalue weighted by atomic mass is 10.2. The van der Waals surface area contributed by atoms with Crippen molar-refractivity contribution in [2.45, 2.75) is 27.2 Å². The van der Waals surface area contributed by atoms with Gasteiger partial charge >= 0.3 is 0 Å². The highest BCUT2D eigenvalue weighted by atomic mass is 32.2. The van der Waals surface area contributed by atoms with Crippen molar-refractivity contribution in [1.82, 2.24) is 9.21 Å². The topological polar surface area (TPSA) is 40.6 Å². The van der Waals surface area contributed by atoms with Gasteiger partial charge in [0, 0.05) is 32.7 Å². The summed E-state index contributed by atoms with van der Waals surface area (Å²) in [6.07, 6.45) is 0.703. The van der Waals surface area contributed by atoms with Gasteiger partial charge in [-0.3, -0.25) is 0 Å². The molecular formula is C11H24N2O2S. The van der Waals surface area contributed by atoms with Gasteiger partial charge in [-0.15, -0.1) is 0 Å². The van der Waals surface area contributed by atoms with Crippen LogP contribution in [0.3, 0.4) is 0 Å². The van der Waals surface area contributed by atoms with E-state index in [1.54, 1.807) is 4.31 Å². The molecule has 4 nitrogen and oxygen atoms in total. The molecule has 1 aliphatic rings. The smallest absolute Gasteiger partial charge is 0.214 e. The fourth-order valence-electron chi connectivity index (χ4n) is 2.09. The quantitative estimate of drug-likeness (QED) is 0.729. The highest BCUT2D eigenvalue weighted by Crippen LogP contribution is 2.10. The van der Waals surface area contributed by atoms with Gasteiger partial charge in [0.05, 0.1) is 5.75 Å². The molecule has 0 aliphatic carbocycles. The van der Waals surface area contributed by atoms with Crippen molar-refractivity contribution in [2.24, 2.45) is 5.92 Å². The molecule has 0 bridgehead atoms. The maximum Gasteiger partial charge on any atom is 0.214 e. The van der Waals surface area contributed by atoms with Crippen LogP contribution in [0.25, 0.3) is 0 Å². The minimum Gasteiger partial charge on any atom is -0.300 e. The molecule has 0 atom stereocenters. The van der Waals surface area contributed by atoms with Crippen LogP contribution in [0.4, 0.5) is 0 Å². The summed E-state index contributed by atoms with van der Waals surface area (Å²) in [5.74, 6) is 0.941. The summed E-state index contributed by atoms with van der Waals surface area (Å²) in [6, 6.07) is 0. The van der Waals surface area contributed by atoms with E-state index >= 15 is 0 Å². The Morgan fingerprint density at radius 1 is 1.12 bits per heavy atom. The molecule has 0 N–H and O–H groups in total. The summed E-state index contributed by atoms with van der Waals surface area (Å²) in [7, 11) is -2.98. The third-order valence-corrected chi connectivity index (χ3v) is 4.89. The Bertz CT molecular complexity index is 293. The van der Waals surface area contributed by atoms with E-state index in [0.717, 1.165) is 19.6 Å². The Labute approximate surface area is 99.7 Å². The number of hydrogen-bond acceptors (Lipinski definition) is 3. The zero-order valence-electron chi connectivity index (χ0n) is 10.6. The molecule has 1 rings (SSSR count). The molecule has 0 aromatic rings. The summed E-state index contributed by atoms with van der Waals surface area (Å²) in [4.78, 5) is 2.35. The number of hydrogen-bond donors (Lipinski definition) is 0. The summed E-state index contributed by atoms with van der Waals surface area (Å²) < 4.78 is 25.3. The molecule has 16 heavy (non-hydrogen) atoms. The Hall–Kier alpha value is -0.130. The van der Waals surface area contributed by atoms with Gasteiger partial charge in [-0.2, -0.15) is 4.31 Å². The van der Waals surface area contributed by atoms with Crippen LogP contribution in [0.1, 0.15) is 27.2 Å². The Morgan fingerprint density at radius 3 is 2.12 bits per heavy atom. The predicted molar refractivity (Wildman–Crippen MR) is 66.9 cm³/mol. The predicted octanol–water partition coefficient (Wildman–Crippen LogP) is 1.000. The van der Waals surface area contributed by atoms with Crippen molar-refractivity contribution in [2.75, 3.05) is 38.5 Å². The third-order valence-electron chi connectivity index (χ3n) is 2.81. The number of rotatable bonds is 5. The number of sulfonamides is 1. The summed E-state index contributed by atoms with van der Waals surface area (Å²) in [5.41, 5.74) is 0. The second-order valence-corrected chi connectivity index (χ2v) is 7.00. The lowest BCUT2D eigenvalue weighted by Crippen LogP contribution is -2.49. The van der Waals surface area contributed by atoms with Crippen LogP contribution in [-0.2, 0) is 10.0 Å². The molecule has 0 aromatic carbocycles. The standard InChI is InChI=1S/C11H24N2O2S/c1-4-9-16(14,15)13-7-5-12(6-8-13)10-11(2)3/h11H,4-10H2,1-3H3. The molecule has 5 heteroatoms. The van der Waals surface area contributed by atoms with E-state index in [1.165, 1.54) is 0 Å². The van der Waals surface area contributed by atoms with Crippen molar-refractivity contribution >= 4 is 10.0 Å². The van der Waals surface area contributed by atoms with Crippen LogP contribution in [0.5, 0.6) is 0 Å². The third kappa shape index (κ3) is 4.03. The number of nitrogens with zero attached hydrogens (tertiary/aromatic N) is 2. The van der Waals surface area contributed by atoms with Crippen molar-refractivity contribution in [1.29, 1.82) is 0 Å². The zero-order chi connectivity index (χ0) is 12.2.